The van der Waals surface area contributed by atoms with Crippen LogP contribution in [0.2, 0.25) is 0 Å². The van der Waals surface area contributed by atoms with Gasteiger partial charge in [0.2, 0.25) is 0 Å². The highest BCUT2D eigenvalue weighted by Gasteiger charge is 2.47. The largest absolute Gasteiger partial charge is 0.352 e. The number of fused-ring (bicyclic) bond motifs is 1. The van der Waals surface area contributed by atoms with Crippen molar-refractivity contribution in [2.45, 2.75) is 32.7 Å². The fraction of sp³-hybridized carbons (Fsp3) is 0.240. The standard InChI is InChI=1S/C25H22F4N4O2S/c1-13(2)30-24-32-20-8-9-33(12-21(20)36-24)23(35)25(28,29)17-11-15(4-6-19(17)27)22(34)31-16-5-7-18(26)14(3)10-16/h4-7,10-11H,1,8-9,12H2,2-3H3,(H,30,32)(H,31,34). The number of carbonyl (C=O) groups excluding carboxylic acids is 2. The summed E-state index contributed by atoms with van der Waals surface area (Å²) in [7, 11) is 0. The van der Waals surface area contributed by atoms with Gasteiger partial charge in [0, 0.05) is 34.8 Å². The molecule has 3 aromatic rings. The third kappa shape index (κ3) is 5.11. The van der Waals surface area contributed by atoms with Crippen LogP contribution in [0.3, 0.4) is 0 Å². The second-order valence-corrected chi connectivity index (χ2v) is 9.54. The number of thiazole rings is 1. The summed E-state index contributed by atoms with van der Waals surface area (Å²) in [6.45, 7) is 6.89. The molecule has 36 heavy (non-hydrogen) atoms. The third-order valence-electron chi connectivity index (χ3n) is 5.59. The number of rotatable bonds is 6. The number of halogens is 4. The summed E-state index contributed by atoms with van der Waals surface area (Å²) in [6.07, 6.45) is 0.271. The fourth-order valence-corrected chi connectivity index (χ4v) is 4.85. The lowest BCUT2D eigenvalue weighted by Gasteiger charge is -2.29. The van der Waals surface area contributed by atoms with Gasteiger partial charge in [-0.2, -0.15) is 8.78 Å². The minimum atomic E-state index is -4.21. The van der Waals surface area contributed by atoms with Gasteiger partial charge in [0.1, 0.15) is 11.6 Å². The number of hydrogen-bond donors (Lipinski definition) is 2. The SMILES string of the molecule is C=C(C)Nc1nc2c(s1)CN(C(=O)C(F)(F)c1cc(C(=O)Nc3ccc(F)c(C)c3)ccc1F)CC2. The molecule has 1 aliphatic rings. The third-order valence-corrected chi connectivity index (χ3v) is 6.59. The first-order valence-electron chi connectivity index (χ1n) is 10.9. The minimum Gasteiger partial charge on any atom is -0.336 e. The van der Waals surface area contributed by atoms with E-state index in [0.29, 0.717) is 33.5 Å². The summed E-state index contributed by atoms with van der Waals surface area (Å²) in [6, 6.07) is 6.25. The van der Waals surface area contributed by atoms with Crippen molar-refractivity contribution >= 4 is 34.0 Å². The van der Waals surface area contributed by atoms with Crippen LogP contribution in [-0.4, -0.2) is 28.2 Å². The molecular weight excluding hydrogens is 496 g/mol. The second kappa shape index (κ2) is 9.73. The van der Waals surface area contributed by atoms with Gasteiger partial charge in [0.25, 0.3) is 11.8 Å². The first-order chi connectivity index (χ1) is 17.0. The van der Waals surface area contributed by atoms with Crippen molar-refractivity contribution < 1.29 is 27.2 Å². The van der Waals surface area contributed by atoms with Crippen molar-refractivity contribution in [3.8, 4) is 0 Å². The second-order valence-electron chi connectivity index (χ2n) is 8.46. The van der Waals surface area contributed by atoms with Crippen LogP contribution >= 0.6 is 11.3 Å². The highest BCUT2D eigenvalue weighted by Crippen LogP contribution is 2.36. The van der Waals surface area contributed by atoms with Gasteiger partial charge in [-0.05, 0) is 55.8 Å². The van der Waals surface area contributed by atoms with Crippen LogP contribution in [0.15, 0.2) is 48.7 Å². The minimum absolute atomic E-state index is 0.0105. The Morgan fingerprint density at radius 2 is 1.83 bits per heavy atom. The van der Waals surface area contributed by atoms with Crippen molar-refractivity contribution in [2.75, 3.05) is 17.2 Å². The smallest absolute Gasteiger partial charge is 0.336 e. The van der Waals surface area contributed by atoms with Crippen LogP contribution in [0, 0.1) is 18.6 Å². The molecule has 0 aliphatic carbocycles. The van der Waals surface area contributed by atoms with Gasteiger partial charge >= 0.3 is 5.92 Å². The molecule has 11 heteroatoms. The molecule has 0 atom stereocenters. The molecule has 4 rings (SSSR count). The van der Waals surface area contributed by atoms with E-state index in [1.807, 2.05) is 0 Å². The number of amides is 2. The molecule has 188 valence electrons. The van der Waals surface area contributed by atoms with Gasteiger partial charge in [0.15, 0.2) is 5.13 Å². The van der Waals surface area contributed by atoms with Crippen LogP contribution in [0.4, 0.5) is 28.4 Å². The number of nitrogens with zero attached hydrogens (tertiary/aromatic N) is 2. The fourth-order valence-electron chi connectivity index (χ4n) is 3.75. The number of allylic oxidation sites excluding steroid dienone is 1. The van der Waals surface area contributed by atoms with E-state index in [-0.39, 0.29) is 36.3 Å². The normalized spacial score (nSPS) is 13.2. The van der Waals surface area contributed by atoms with E-state index in [1.165, 1.54) is 30.4 Å². The van der Waals surface area contributed by atoms with Crippen LogP contribution in [0.25, 0.3) is 0 Å². The van der Waals surface area contributed by atoms with Crippen LogP contribution in [0.1, 0.15) is 39.0 Å². The molecule has 0 unspecified atom stereocenters. The molecule has 1 aromatic heterocycles. The Hall–Kier alpha value is -3.73. The lowest BCUT2D eigenvalue weighted by Crippen LogP contribution is -2.44. The van der Waals surface area contributed by atoms with Gasteiger partial charge in [-0.15, -0.1) is 0 Å². The average molecular weight is 519 g/mol. The Morgan fingerprint density at radius 3 is 2.53 bits per heavy atom. The first-order valence-corrected chi connectivity index (χ1v) is 11.7. The Kier molecular flexibility index (Phi) is 6.85. The maximum absolute atomic E-state index is 15.3. The van der Waals surface area contributed by atoms with Gasteiger partial charge in [-0.25, -0.2) is 13.8 Å². The van der Waals surface area contributed by atoms with Gasteiger partial charge in [-0.1, -0.05) is 17.9 Å². The highest BCUT2D eigenvalue weighted by atomic mass is 32.1. The lowest BCUT2D eigenvalue weighted by molar-refractivity contribution is -0.160. The zero-order valence-electron chi connectivity index (χ0n) is 19.4. The molecule has 0 fully saturated rings. The van der Waals surface area contributed by atoms with Gasteiger partial charge in [0.05, 0.1) is 17.8 Å². The molecule has 0 saturated heterocycles. The molecule has 6 nitrogen and oxygen atoms in total. The van der Waals surface area contributed by atoms with E-state index in [2.05, 4.69) is 22.2 Å². The number of benzene rings is 2. The molecule has 0 saturated carbocycles. The molecule has 2 amide bonds. The monoisotopic (exact) mass is 518 g/mol. The first kappa shape index (κ1) is 25.4. The number of anilines is 2. The molecule has 2 heterocycles. The molecule has 0 spiro atoms. The Morgan fingerprint density at radius 1 is 1.11 bits per heavy atom. The van der Waals surface area contributed by atoms with Crippen molar-refractivity contribution in [2.24, 2.45) is 0 Å². The predicted molar refractivity (Wildman–Crippen MR) is 129 cm³/mol. The van der Waals surface area contributed by atoms with E-state index in [0.717, 1.165) is 17.0 Å². The Bertz CT molecular complexity index is 1370. The van der Waals surface area contributed by atoms with E-state index in [4.69, 9.17) is 0 Å². The molecule has 2 aromatic carbocycles. The summed E-state index contributed by atoms with van der Waals surface area (Å²) in [5, 5.41) is 5.97. The van der Waals surface area contributed by atoms with Crippen molar-refractivity contribution in [1.29, 1.82) is 0 Å². The summed E-state index contributed by atoms with van der Waals surface area (Å²) < 4.78 is 58.5. The molecular formula is C25H22F4N4O2S. The molecule has 0 radical (unpaired) electrons. The van der Waals surface area contributed by atoms with Crippen LogP contribution in [-0.2, 0) is 23.7 Å². The predicted octanol–water partition coefficient (Wildman–Crippen LogP) is 5.60. The number of nitrogens with one attached hydrogen (secondary N) is 2. The van der Waals surface area contributed by atoms with E-state index >= 15 is 8.78 Å². The van der Waals surface area contributed by atoms with E-state index in [9.17, 15) is 18.4 Å². The van der Waals surface area contributed by atoms with Crippen molar-refractivity contribution in [3.63, 3.8) is 0 Å². The zero-order valence-corrected chi connectivity index (χ0v) is 20.2. The number of carbonyl (C=O) groups is 2. The Labute approximate surface area is 208 Å². The van der Waals surface area contributed by atoms with Crippen LogP contribution in [0.5, 0.6) is 0 Å². The molecule has 0 bridgehead atoms. The van der Waals surface area contributed by atoms with E-state index < -0.39 is 34.9 Å². The number of hydrogen-bond acceptors (Lipinski definition) is 5. The summed E-state index contributed by atoms with van der Waals surface area (Å²) in [5.74, 6) is -8.38. The number of aryl methyl sites for hydroxylation is 1. The lowest BCUT2D eigenvalue weighted by atomic mass is 10.0. The van der Waals surface area contributed by atoms with Crippen LogP contribution < -0.4 is 10.6 Å². The maximum atomic E-state index is 15.3. The van der Waals surface area contributed by atoms with Gasteiger partial charge in [-0.3, -0.25) is 9.59 Å². The Balaban J connectivity index is 1.54. The summed E-state index contributed by atoms with van der Waals surface area (Å²) in [4.78, 5) is 31.4. The van der Waals surface area contributed by atoms with Crippen molar-refractivity contribution in [1.82, 2.24) is 9.88 Å². The quantitative estimate of drug-likeness (QED) is 0.417. The maximum Gasteiger partial charge on any atom is 0.352 e. The summed E-state index contributed by atoms with van der Waals surface area (Å²) >= 11 is 1.23. The topological polar surface area (TPSA) is 74.3 Å². The summed E-state index contributed by atoms with van der Waals surface area (Å²) in [5.41, 5.74) is 0.404. The van der Waals surface area contributed by atoms with E-state index in [1.54, 1.807) is 6.92 Å². The zero-order chi connectivity index (χ0) is 26.2. The number of aromatic nitrogens is 1. The number of alkyl halides is 2. The molecule has 2 N–H and O–H groups in total. The van der Waals surface area contributed by atoms with Gasteiger partial charge < -0.3 is 15.5 Å². The molecule has 1 aliphatic heterocycles. The average Bonchev–Trinajstić information content (AvgIpc) is 3.21. The van der Waals surface area contributed by atoms with Crippen molar-refractivity contribution in [3.05, 3.63) is 87.6 Å². The highest BCUT2D eigenvalue weighted by molar-refractivity contribution is 7.15.